The van der Waals surface area contributed by atoms with Crippen LogP contribution in [0, 0.1) is 58.2 Å². The van der Waals surface area contributed by atoms with Gasteiger partial charge in [-0.3, -0.25) is 9.59 Å². The van der Waals surface area contributed by atoms with E-state index in [-0.39, 0.29) is 78.7 Å². The lowest BCUT2D eigenvalue weighted by Gasteiger charge is -2.47. The minimum Gasteiger partial charge on any atom is -0.508 e. The molecule has 0 unspecified atom stereocenters. The maximum Gasteiger partial charge on any atom is 0.165 e. The van der Waals surface area contributed by atoms with Gasteiger partial charge in [0.15, 0.2) is 23.1 Å². The van der Waals surface area contributed by atoms with Crippen LogP contribution in [0.3, 0.4) is 0 Å². The molecule has 13 rings (SSSR count). The minimum atomic E-state index is -1.07. The first-order valence-corrected chi connectivity index (χ1v) is 38.0. The van der Waals surface area contributed by atoms with E-state index in [1.54, 1.807) is 50.7 Å². The molecular formula is C74H89N3O8S4. The van der Waals surface area contributed by atoms with Gasteiger partial charge in [-0.05, 0) is 212 Å². The van der Waals surface area contributed by atoms with Crippen molar-refractivity contribution in [3.05, 3.63) is 159 Å². The van der Waals surface area contributed by atoms with Gasteiger partial charge < -0.3 is 46.7 Å². The monoisotopic (exact) mass is 1280 g/mol. The molecule has 11 nitrogen and oxygen atoms in total. The number of ketones is 2. The molecule has 89 heavy (non-hydrogen) atoms. The smallest absolute Gasteiger partial charge is 0.165 e. The fraction of sp³-hybridized carbons (Fsp3) is 0.541. The summed E-state index contributed by atoms with van der Waals surface area (Å²) in [4.78, 5) is 32.2. The van der Waals surface area contributed by atoms with Crippen LogP contribution in [0.15, 0.2) is 97.2 Å². The third-order valence-corrected chi connectivity index (χ3v) is 28.0. The van der Waals surface area contributed by atoms with Crippen molar-refractivity contribution in [1.29, 1.82) is 0 Å². The number of Topliss-reactive ketones (excluding diaryl/α,β-unsaturated/α-hetero) is 1. The van der Waals surface area contributed by atoms with Crippen molar-refractivity contribution in [2.24, 2.45) is 57.8 Å². The Hall–Kier alpha value is -4.60. The number of carbonyl (C=O) groups excluding carboxylic acids is 2. The highest BCUT2D eigenvalue weighted by molar-refractivity contribution is 8.77. The second kappa shape index (κ2) is 26.8. The van der Waals surface area contributed by atoms with Gasteiger partial charge in [0.05, 0.1) is 37.0 Å². The maximum absolute atomic E-state index is 14.5. The molecule has 472 valence electrons. The lowest BCUT2D eigenvalue weighted by atomic mass is 9.61. The number of ether oxygens (including phenoxy) is 1. The van der Waals surface area contributed by atoms with E-state index in [0.717, 1.165) is 97.1 Å². The van der Waals surface area contributed by atoms with Gasteiger partial charge in [-0.15, -0.1) is 0 Å². The van der Waals surface area contributed by atoms with Crippen LogP contribution >= 0.6 is 43.2 Å². The molecule has 5 fully saturated rings. The molecule has 8 aliphatic rings. The summed E-state index contributed by atoms with van der Waals surface area (Å²) >= 11 is 0. The first-order chi connectivity index (χ1) is 43.1. The largest absolute Gasteiger partial charge is 0.508 e. The SMILES string of the molecule is NC(N)c1cc2c3cc1CSSC[C@@H]1C[C@@]4(/C=C/C(=O)CCc5ccc(O)c(c5)OCCc5ccc(O)c(c5)[C@@H]3CC(=O)c3cc[nH]c3CC#C2)CC[C@@H]2C[C@](O)([C@@H]3CCC5(CCCC5)C3)CCC[C@H]3[C@@H]2Cc2ccccc2[C@H](CO)[C@@H]3CSSC[C@@]1(O)C4. The number of nitrogens with one attached hydrogen (secondary N) is 1. The van der Waals surface area contributed by atoms with Crippen molar-refractivity contribution in [2.75, 3.05) is 30.5 Å². The maximum atomic E-state index is 14.5. The summed E-state index contributed by atoms with van der Waals surface area (Å²) in [5.74, 6) is 10.3. The average Bonchev–Trinajstić information content (AvgIpc) is 2.79. The fourth-order valence-electron chi connectivity index (χ4n) is 18.3. The number of aliphatic hydroxyl groups excluding tert-OH is 1. The molecule has 4 saturated carbocycles. The van der Waals surface area contributed by atoms with Crippen molar-refractivity contribution >= 4 is 54.7 Å². The molecule has 4 aromatic carbocycles. The number of benzene rings is 4. The molecule has 3 heterocycles. The van der Waals surface area contributed by atoms with Crippen LogP contribution in [0.1, 0.15) is 193 Å². The summed E-state index contributed by atoms with van der Waals surface area (Å²) in [6, 6.07) is 25.5. The zero-order valence-electron chi connectivity index (χ0n) is 51.3. The highest BCUT2D eigenvalue weighted by Gasteiger charge is 2.56. The highest BCUT2D eigenvalue weighted by atomic mass is 33.1. The Labute approximate surface area is 541 Å². The summed E-state index contributed by atoms with van der Waals surface area (Å²) in [7, 11) is 7.07. The van der Waals surface area contributed by atoms with Gasteiger partial charge in [0, 0.05) is 82.7 Å². The van der Waals surface area contributed by atoms with Crippen LogP contribution in [0.5, 0.6) is 17.2 Å². The standard InChI is InChI=1S/C74H89N3O8S4/c75-70(76)60-34-49-8-5-11-65-57(21-29-77-65)68(82)36-61-58(49)35-51(60)41-86-87-42-53-39-72(28-20-54(79)15-12-46-14-17-67(81)69(32-46)85-30-22-47-13-16-66(80)62(61)31-47)26-18-50-37-73(83,52-19-27-71(38-52)23-3-4-24-71)25-6-10-56-59(50)33-48-7-1-2-9-55(48)63(40-78)64(56)43-88-89-45-74(53,84)44-72/h1-2,7,9,13-14,16-17,20-21,28-29,31-32,34-35,50,52-53,56,59,61,63-64,70,77-78,80-81,83-84H,3-4,6,10-12,15,18-19,22-27,30,33,36-45,75-76H2/b28-20+/t50-,52-,53+,56+,59-,61-,63+,64-,72+,73+,74+/m1/s1. The molecule has 15 heteroatoms. The molecule has 10 N–H and O–H groups in total. The minimum absolute atomic E-state index is 0.00159. The second-order valence-corrected chi connectivity index (χ2v) is 33.3. The number of carbonyl (C=O) groups is 2. The number of H-pyrrole nitrogens is 1. The van der Waals surface area contributed by atoms with Crippen LogP contribution in [0.25, 0.3) is 0 Å². The Balaban J connectivity index is 0.872. The van der Waals surface area contributed by atoms with Gasteiger partial charge in [0.1, 0.15) is 5.75 Å². The molecule has 5 aromatic rings. The van der Waals surface area contributed by atoms with E-state index in [4.69, 9.17) is 16.2 Å². The number of allylic oxidation sites excluding steroid dienone is 2. The number of phenols is 2. The quantitative estimate of drug-likeness (QED) is 0.0480. The van der Waals surface area contributed by atoms with Crippen molar-refractivity contribution < 1.29 is 39.9 Å². The number of fused-ring (bicyclic) bond motifs is 11. The number of phenolic OH excluding ortho intramolecular Hbond substituents is 2. The highest BCUT2D eigenvalue weighted by Crippen LogP contribution is 2.61. The van der Waals surface area contributed by atoms with Crippen LogP contribution in [-0.4, -0.2) is 83.8 Å². The molecule has 11 atom stereocenters. The van der Waals surface area contributed by atoms with Crippen molar-refractivity contribution in [3.8, 4) is 29.1 Å². The van der Waals surface area contributed by atoms with E-state index in [0.29, 0.717) is 89.1 Å². The van der Waals surface area contributed by atoms with E-state index in [1.165, 1.54) is 43.2 Å². The van der Waals surface area contributed by atoms with Crippen LogP contribution in [0.2, 0.25) is 0 Å². The molecule has 2 spiro atoms. The van der Waals surface area contributed by atoms with Gasteiger partial charge in [0.2, 0.25) is 0 Å². The predicted molar refractivity (Wildman–Crippen MR) is 361 cm³/mol. The normalized spacial score (nSPS) is 32.1. The van der Waals surface area contributed by atoms with Gasteiger partial charge in [0.25, 0.3) is 0 Å². The molecule has 2 aliphatic heterocycles. The second-order valence-electron chi connectivity index (χ2n) is 28.3. The summed E-state index contributed by atoms with van der Waals surface area (Å²) in [5, 5.41) is 61.6. The van der Waals surface area contributed by atoms with Crippen LogP contribution in [0.4, 0.5) is 0 Å². The van der Waals surface area contributed by atoms with Gasteiger partial charge >= 0.3 is 0 Å². The molecular weight excluding hydrogens is 1190 g/mol. The molecule has 0 radical (unpaired) electrons. The Kier molecular flexibility index (Phi) is 19.0. The van der Waals surface area contributed by atoms with E-state index in [2.05, 4.69) is 53.2 Å². The zero-order chi connectivity index (χ0) is 61.5. The van der Waals surface area contributed by atoms with Crippen molar-refractivity contribution in [2.45, 2.75) is 170 Å². The Morgan fingerprint density at radius 2 is 1.53 bits per heavy atom. The zero-order valence-corrected chi connectivity index (χ0v) is 54.5. The van der Waals surface area contributed by atoms with Gasteiger partial charge in [-0.25, -0.2) is 0 Å². The number of aryl methyl sites for hydroxylation is 1. The fourth-order valence-corrected chi connectivity index (χ4v) is 23.8. The summed E-state index contributed by atoms with van der Waals surface area (Å²) in [6.45, 7) is 0.300. The number of aromatic nitrogens is 1. The van der Waals surface area contributed by atoms with Crippen LogP contribution < -0.4 is 16.2 Å². The number of aromatic amines is 1. The number of hydrogen-bond acceptors (Lipinski definition) is 14. The third kappa shape index (κ3) is 13.4. The summed E-state index contributed by atoms with van der Waals surface area (Å²) in [5.41, 5.74) is 20.7. The number of aromatic hydroxyl groups is 2. The molecule has 0 amide bonds. The lowest BCUT2D eigenvalue weighted by molar-refractivity contribution is -0.114. The van der Waals surface area contributed by atoms with Crippen molar-refractivity contribution in [1.82, 2.24) is 4.98 Å². The van der Waals surface area contributed by atoms with Gasteiger partial charge in [-0.1, -0.05) is 129 Å². The summed E-state index contributed by atoms with van der Waals surface area (Å²) < 4.78 is 6.30. The molecule has 6 aliphatic carbocycles. The Morgan fingerprint density at radius 3 is 2.37 bits per heavy atom. The van der Waals surface area contributed by atoms with Crippen LogP contribution in [-0.2, 0) is 36.2 Å². The van der Waals surface area contributed by atoms with E-state index < -0.39 is 28.7 Å². The third-order valence-electron chi connectivity index (χ3n) is 23.0. The number of hydrogen-bond donors (Lipinski definition) is 8. The van der Waals surface area contributed by atoms with E-state index in [1.807, 2.05) is 53.3 Å². The number of nitrogens with two attached hydrogens (primary N) is 2. The lowest BCUT2D eigenvalue weighted by Crippen LogP contribution is -2.45. The Morgan fingerprint density at radius 1 is 0.708 bits per heavy atom. The molecule has 1 aromatic heterocycles. The molecule has 13 bridgehead atoms. The topological polar surface area (TPSA) is 212 Å². The summed E-state index contributed by atoms with van der Waals surface area (Å²) in [6.07, 6.45) is 22.5. The predicted octanol–water partition coefficient (Wildman–Crippen LogP) is 14.0. The van der Waals surface area contributed by atoms with Crippen molar-refractivity contribution in [3.63, 3.8) is 0 Å². The van der Waals surface area contributed by atoms with E-state index in [9.17, 15) is 35.1 Å². The first kappa shape index (κ1) is 63.2. The average molecular weight is 1280 g/mol. The first-order valence-electron chi connectivity index (χ1n) is 33.1. The van der Waals surface area contributed by atoms with E-state index >= 15 is 0 Å². The Bertz CT molecular complexity index is 3510. The van der Waals surface area contributed by atoms with Gasteiger partial charge in [-0.2, -0.15) is 0 Å². The molecule has 1 saturated heterocycles. The number of rotatable bonds is 3. The number of aliphatic hydroxyl groups is 3.